The van der Waals surface area contributed by atoms with Gasteiger partial charge in [-0.2, -0.15) is 0 Å². The van der Waals surface area contributed by atoms with Crippen molar-refractivity contribution in [1.29, 1.82) is 0 Å². The lowest BCUT2D eigenvalue weighted by Gasteiger charge is -2.47. The lowest BCUT2D eigenvalue weighted by atomic mass is 9.73. The number of benzene rings is 2. The van der Waals surface area contributed by atoms with E-state index in [0.29, 0.717) is 6.04 Å². The maximum Gasteiger partial charge on any atom is 0.0939 e. The van der Waals surface area contributed by atoms with E-state index >= 15 is 0 Å². The Kier molecular flexibility index (Phi) is 5.86. The molecule has 3 nitrogen and oxygen atoms in total. The van der Waals surface area contributed by atoms with Crippen LogP contribution in [0.4, 0.5) is 0 Å². The molecule has 1 aliphatic heterocycles. The van der Waals surface area contributed by atoms with Crippen molar-refractivity contribution in [3.8, 4) is 0 Å². The molecule has 1 aliphatic carbocycles. The van der Waals surface area contributed by atoms with Gasteiger partial charge in [-0.3, -0.25) is 0 Å². The van der Waals surface area contributed by atoms with E-state index in [1.165, 1.54) is 27.8 Å². The summed E-state index contributed by atoms with van der Waals surface area (Å²) in [6.45, 7) is 5.49. The quantitative estimate of drug-likeness (QED) is 0.800. The summed E-state index contributed by atoms with van der Waals surface area (Å²) in [5.41, 5.74) is 6.73. The van der Waals surface area contributed by atoms with Crippen molar-refractivity contribution >= 4 is 0 Å². The molecule has 3 heteroatoms. The topological polar surface area (TPSA) is 41.5 Å². The number of hydrogen-bond donors (Lipinski definition) is 2. The molecule has 150 valence electrons. The Morgan fingerprint density at radius 2 is 1.89 bits per heavy atom. The first kappa shape index (κ1) is 19.6. The maximum absolute atomic E-state index is 9.42. The number of hydrogen-bond acceptors (Lipinski definition) is 3. The summed E-state index contributed by atoms with van der Waals surface area (Å²) < 4.78 is 6.64. The molecule has 0 bridgehead atoms. The summed E-state index contributed by atoms with van der Waals surface area (Å²) in [6, 6.07) is 16.0. The predicted molar refractivity (Wildman–Crippen MR) is 113 cm³/mol. The van der Waals surface area contributed by atoms with Crippen LogP contribution in [0.2, 0.25) is 0 Å². The van der Waals surface area contributed by atoms with Crippen LogP contribution in [0.5, 0.6) is 0 Å². The van der Waals surface area contributed by atoms with Gasteiger partial charge < -0.3 is 15.2 Å². The molecule has 1 spiro atoms. The molecular weight excluding hydrogens is 346 g/mol. The molecule has 2 aromatic carbocycles. The first-order chi connectivity index (χ1) is 13.6. The standard InChI is InChI=1S/C25H33NO2/c1-18-7-8-21(19(2)15-18)17-26-22-9-12-25(13-10-22)24-6-4-3-5-20(24)16-23(28-25)11-14-27/h3-8,15,22-23,26-27H,9-14,16-17H2,1-2H3/t22?,23-,25?/m0/s1. The Labute approximate surface area is 169 Å². The molecule has 4 rings (SSSR count). The van der Waals surface area contributed by atoms with Crippen molar-refractivity contribution in [2.75, 3.05) is 6.61 Å². The van der Waals surface area contributed by atoms with Crippen molar-refractivity contribution in [2.45, 2.75) is 76.7 Å². The minimum Gasteiger partial charge on any atom is -0.396 e. The molecule has 28 heavy (non-hydrogen) atoms. The van der Waals surface area contributed by atoms with Crippen molar-refractivity contribution in [2.24, 2.45) is 0 Å². The van der Waals surface area contributed by atoms with Crippen LogP contribution in [0.1, 0.15) is 59.9 Å². The van der Waals surface area contributed by atoms with E-state index in [0.717, 1.165) is 45.1 Å². The Morgan fingerprint density at radius 1 is 1.11 bits per heavy atom. The number of fused-ring (bicyclic) bond motifs is 2. The van der Waals surface area contributed by atoms with Gasteiger partial charge in [-0.1, -0.05) is 48.0 Å². The van der Waals surface area contributed by atoms with Gasteiger partial charge in [0.1, 0.15) is 0 Å². The zero-order valence-corrected chi connectivity index (χ0v) is 17.2. The van der Waals surface area contributed by atoms with Crippen LogP contribution in [0.15, 0.2) is 42.5 Å². The fourth-order valence-electron chi connectivity index (χ4n) is 5.09. The van der Waals surface area contributed by atoms with Gasteiger partial charge in [0.05, 0.1) is 11.7 Å². The molecule has 1 fully saturated rings. The van der Waals surface area contributed by atoms with Crippen molar-refractivity contribution in [3.05, 3.63) is 70.3 Å². The van der Waals surface area contributed by atoms with Crippen molar-refractivity contribution in [1.82, 2.24) is 5.32 Å². The summed E-state index contributed by atoms with van der Waals surface area (Å²) in [7, 11) is 0. The van der Waals surface area contributed by atoms with Crippen LogP contribution in [0.25, 0.3) is 0 Å². The van der Waals surface area contributed by atoms with Crippen LogP contribution in [0.3, 0.4) is 0 Å². The second-order valence-corrected chi connectivity index (χ2v) is 8.69. The summed E-state index contributed by atoms with van der Waals surface area (Å²) in [5.74, 6) is 0. The molecule has 1 heterocycles. The number of rotatable bonds is 5. The summed E-state index contributed by atoms with van der Waals surface area (Å²) in [5, 5.41) is 13.2. The van der Waals surface area contributed by atoms with Gasteiger partial charge in [-0.25, -0.2) is 0 Å². The minimum absolute atomic E-state index is 0.139. The molecule has 1 saturated carbocycles. The first-order valence-electron chi connectivity index (χ1n) is 10.8. The van der Waals surface area contributed by atoms with E-state index in [2.05, 4.69) is 61.6 Å². The fraction of sp³-hybridized carbons (Fsp3) is 0.520. The van der Waals surface area contributed by atoms with Gasteiger partial charge in [0.2, 0.25) is 0 Å². The zero-order valence-electron chi connectivity index (χ0n) is 17.2. The number of aliphatic hydroxyl groups excluding tert-OH is 1. The van der Waals surface area contributed by atoms with Crippen LogP contribution in [-0.4, -0.2) is 23.9 Å². The molecule has 2 aliphatic rings. The normalized spacial score (nSPS) is 27.0. The lowest BCUT2D eigenvalue weighted by Crippen LogP contribution is -2.46. The highest BCUT2D eigenvalue weighted by Gasteiger charge is 2.43. The van der Waals surface area contributed by atoms with Gasteiger partial charge in [-0.05, 0) is 74.6 Å². The Hall–Kier alpha value is -1.68. The lowest BCUT2D eigenvalue weighted by molar-refractivity contribution is -0.138. The number of aliphatic hydroxyl groups is 1. The molecule has 0 saturated heterocycles. The van der Waals surface area contributed by atoms with Gasteiger partial charge in [0, 0.05) is 19.2 Å². The largest absolute Gasteiger partial charge is 0.396 e. The number of ether oxygens (including phenoxy) is 1. The first-order valence-corrected chi connectivity index (χ1v) is 10.8. The van der Waals surface area contributed by atoms with E-state index in [-0.39, 0.29) is 18.3 Å². The monoisotopic (exact) mass is 379 g/mol. The highest BCUT2D eigenvalue weighted by Crippen LogP contribution is 2.46. The smallest absolute Gasteiger partial charge is 0.0939 e. The molecule has 1 atom stereocenters. The number of nitrogens with one attached hydrogen (secondary N) is 1. The third-order valence-electron chi connectivity index (χ3n) is 6.67. The third kappa shape index (κ3) is 4.03. The molecular formula is C25H33NO2. The molecule has 2 N–H and O–H groups in total. The second kappa shape index (κ2) is 8.36. The molecule has 2 aromatic rings. The third-order valence-corrected chi connectivity index (χ3v) is 6.67. The van der Waals surface area contributed by atoms with E-state index in [1.54, 1.807) is 0 Å². The summed E-state index contributed by atoms with van der Waals surface area (Å²) in [4.78, 5) is 0. The zero-order chi connectivity index (χ0) is 19.6. The van der Waals surface area contributed by atoms with Crippen molar-refractivity contribution in [3.63, 3.8) is 0 Å². The predicted octanol–water partition coefficient (Wildman–Crippen LogP) is 4.55. The summed E-state index contributed by atoms with van der Waals surface area (Å²) >= 11 is 0. The van der Waals surface area contributed by atoms with Crippen LogP contribution in [-0.2, 0) is 23.3 Å². The second-order valence-electron chi connectivity index (χ2n) is 8.69. The Bertz CT molecular complexity index is 808. The number of aryl methyl sites for hydroxylation is 2. The molecule has 0 aromatic heterocycles. The van der Waals surface area contributed by atoms with Crippen molar-refractivity contribution < 1.29 is 9.84 Å². The van der Waals surface area contributed by atoms with E-state index in [1.807, 2.05) is 0 Å². The van der Waals surface area contributed by atoms with Crippen LogP contribution >= 0.6 is 0 Å². The fourth-order valence-corrected chi connectivity index (χ4v) is 5.09. The molecule has 0 amide bonds. The van der Waals surface area contributed by atoms with Gasteiger partial charge in [0.15, 0.2) is 0 Å². The minimum atomic E-state index is -0.160. The highest BCUT2D eigenvalue weighted by molar-refractivity contribution is 5.36. The molecule has 0 radical (unpaired) electrons. The molecule has 0 unspecified atom stereocenters. The highest BCUT2D eigenvalue weighted by atomic mass is 16.5. The summed E-state index contributed by atoms with van der Waals surface area (Å²) in [6.07, 6.45) is 6.15. The van der Waals surface area contributed by atoms with Gasteiger partial charge >= 0.3 is 0 Å². The van der Waals surface area contributed by atoms with Gasteiger partial charge in [-0.15, -0.1) is 0 Å². The average Bonchev–Trinajstić information content (AvgIpc) is 2.69. The van der Waals surface area contributed by atoms with E-state index in [9.17, 15) is 5.11 Å². The maximum atomic E-state index is 9.42. The Morgan fingerprint density at radius 3 is 2.64 bits per heavy atom. The van der Waals surface area contributed by atoms with E-state index in [4.69, 9.17) is 4.74 Å². The van der Waals surface area contributed by atoms with E-state index < -0.39 is 0 Å². The van der Waals surface area contributed by atoms with Crippen LogP contribution in [0, 0.1) is 13.8 Å². The Balaban J connectivity index is 1.42. The van der Waals surface area contributed by atoms with Crippen LogP contribution < -0.4 is 5.32 Å². The SMILES string of the molecule is Cc1ccc(CNC2CCC3(CC2)O[C@@H](CCO)Cc2ccccc23)c(C)c1. The average molecular weight is 380 g/mol. The van der Waals surface area contributed by atoms with Gasteiger partial charge in [0.25, 0.3) is 0 Å².